The normalized spacial score (nSPS) is 15.4. The molecule has 2 rings (SSSR count). The first-order chi connectivity index (χ1) is 9.24. The lowest BCUT2D eigenvalue weighted by molar-refractivity contribution is 0.667. The topological polar surface area (TPSA) is 48.7 Å². The van der Waals surface area contributed by atoms with Gasteiger partial charge in [-0.3, -0.25) is 0 Å². The van der Waals surface area contributed by atoms with Crippen LogP contribution in [0.25, 0.3) is 0 Å². The lowest BCUT2D eigenvalue weighted by Gasteiger charge is -2.19. The van der Waals surface area contributed by atoms with Crippen molar-refractivity contribution in [1.82, 2.24) is 4.98 Å². The minimum Gasteiger partial charge on any atom is -0.366 e. The van der Waals surface area contributed by atoms with Crippen molar-refractivity contribution < 1.29 is 0 Å². The summed E-state index contributed by atoms with van der Waals surface area (Å²) in [5.41, 5.74) is 3.14. The smallest absolute Gasteiger partial charge is 0.144 e. The number of aromatic nitrogens is 1. The summed E-state index contributed by atoms with van der Waals surface area (Å²) in [5.74, 6) is 2.93. The molecule has 19 heavy (non-hydrogen) atoms. The number of rotatable bonds is 5. The van der Waals surface area contributed by atoms with Crippen LogP contribution in [0.5, 0.6) is 0 Å². The third kappa shape index (κ3) is 3.63. The highest BCUT2D eigenvalue weighted by Crippen LogP contribution is 2.24. The van der Waals surface area contributed by atoms with Gasteiger partial charge in [0.15, 0.2) is 0 Å². The van der Waals surface area contributed by atoms with Gasteiger partial charge in [-0.15, -0.1) is 0 Å². The van der Waals surface area contributed by atoms with Crippen molar-refractivity contribution in [2.24, 2.45) is 0 Å². The maximum atomic E-state index is 9.27. The molecule has 0 amide bonds. The molecule has 1 heterocycles. The van der Waals surface area contributed by atoms with Crippen LogP contribution in [-0.2, 0) is 12.8 Å². The number of anilines is 1. The Kier molecular flexibility index (Phi) is 5.09. The third-order valence-corrected chi connectivity index (χ3v) is 4.52. The number of hydrogen-bond acceptors (Lipinski definition) is 4. The summed E-state index contributed by atoms with van der Waals surface area (Å²) in [5, 5.41) is 12.7. The molecule has 1 aromatic rings. The molecule has 0 aliphatic heterocycles. The van der Waals surface area contributed by atoms with Crippen LogP contribution >= 0.6 is 11.8 Å². The quantitative estimate of drug-likeness (QED) is 0.895. The summed E-state index contributed by atoms with van der Waals surface area (Å²) < 4.78 is 0. The molecule has 1 unspecified atom stereocenters. The van der Waals surface area contributed by atoms with E-state index in [9.17, 15) is 5.26 Å². The Morgan fingerprint density at radius 3 is 3.00 bits per heavy atom. The molecular formula is C15H21N3S. The van der Waals surface area contributed by atoms with Gasteiger partial charge >= 0.3 is 0 Å². The van der Waals surface area contributed by atoms with Crippen LogP contribution in [0, 0.1) is 11.3 Å². The molecule has 1 N–H and O–H groups in total. The molecule has 0 radical (unpaired) electrons. The molecule has 102 valence electrons. The van der Waals surface area contributed by atoms with Gasteiger partial charge in [-0.2, -0.15) is 17.0 Å². The molecule has 0 aromatic carbocycles. The zero-order chi connectivity index (χ0) is 13.7. The van der Waals surface area contributed by atoms with Gasteiger partial charge in [0.1, 0.15) is 11.9 Å². The Morgan fingerprint density at radius 1 is 1.47 bits per heavy atom. The van der Waals surface area contributed by atoms with Crippen molar-refractivity contribution in [3.63, 3.8) is 0 Å². The van der Waals surface area contributed by atoms with E-state index in [2.05, 4.69) is 30.2 Å². The van der Waals surface area contributed by atoms with Gasteiger partial charge in [-0.05, 0) is 50.0 Å². The highest BCUT2D eigenvalue weighted by Gasteiger charge is 2.16. The van der Waals surface area contributed by atoms with Gasteiger partial charge in [-0.25, -0.2) is 4.98 Å². The predicted molar refractivity (Wildman–Crippen MR) is 81.7 cm³/mol. The lowest BCUT2D eigenvalue weighted by atomic mass is 9.95. The van der Waals surface area contributed by atoms with E-state index >= 15 is 0 Å². The fourth-order valence-corrected chi connectivity index (χ4v) is 3.07. The minimum atomic E-state index is 0.339. The Morgan fingerprint density at radius 2 is 2.26 bits per heavy atom. The molecule has 0 fully saturated rings. The van der Waals surface area contributed by atoms with Crippen LogP contribution in [0.4, 0.5) is 5.82 Å². The molecule has 1 aromatic heterocycles. The molecular weight excluding hydrogens is 254 g/mol. The van der Waals surface area contributed by atoms with E-state index in [4.69, 9.17) is 0 Å². The van der Waals surface area contributed by atoms with Crippen molar-refractivity contribution >= 4 is 17.6 Å². The molecule has 0 saturated heterocycles. The highest BCUT2D eigenvalue weighted by molar-refractivity contribution is 7.99. The highest BCUT2D eigenvalue weighted by atomic mass is 32.2. The van der Waals surface area contributed by atoms with E-state index in [1.54, 1.807) is 0 Å². The fourth-order valence-electron chi connectivity index (χ4n) is 2.40. The van der Waals surface area contributed by atoms with E-state index in [1.807, 2.05) is 17.8 Å². The fraction of sp³-hybridized carbons (Fsp3) is 0.600. The SMILES string of the molecule is CCSCC(C)Nc1nc2c(cc1C#N)CCCC2. The molecule has 0 spiro atoms. The number of pyridine rings is 1. The standard InChI is InChI=1S/C15H21N3S/c1-3-19-10-11(2)17-15-13(9-16)8-12-6-4-5-7-14(12)18-15/h8,11H,3-7,10H2,1-2H3,(H,17,18). The third-order valence-electron chi connectivity index (χ3n) is 3.38. The average Bonchev–Trinajstić information content (AvgIpc) is 2.44. The van der Waals surface area contributed by atoms with Crippen molar-refractivity contribution in [2.45, 2.75) is 45.6 Å². The Hall–Kier alpha value is -1.21. The Balaban J connectivity index is 2.17. The summed E-state index contributed by atoms with van der Waals surface area (Å²) >= 11 is 1.90. The minimum absolute atomic E-state index is 0.339. The average molecular weight is 275 g/mol. The van der Waals surface area contributed by atoms with Crippen molar-refractivity contribution in [2.75, 3.05) is 16.8 Å². The molecule has 3 nitrogen and oxygen atoms in total. The first kappa shape index (κ1) is 14.2. The number of aryl methyl sites for hydroxylation is 2. The van der Waals surface area contributed by atoms with E-state index in [0.29, 0.717) is 11.6 Å². The number of nitrogens with zero attached hydrogens (tertiary/aromatic N) is 2. The van der Waals surface area contributed by atoms with Gasteiger partial charge in [0.2, 0.25) is 0 Å². The second-order valence-electron chi connectivity index (χ2n) is 5.01. The number of nitriles is 1. The van der Waals surface area contributed by atoms with Gasteiger partial charge in [0, 0.05) is 17.5 Å². The second-order valence-corrected chi connectivity index (χ2v) is 6.33. The Labute approximate surface area is 119 Å². The largest absolute Gasteiger partial charge is 0.366 e. The summed E-state index contributed by atoms with van der Waals surface area (Å²) in [4.78, 5) is 4.69. The zero-order valence-electron chi connectivity index (χ0n) is 11.7. The zero-order valence-corrected chi connectivity index (χ0v) is 12.5. The van der Waals surface area contributed by atoms with Crippen molar-refractivity contribution in [1.29, 1.82) is 5.26 Å². The van der Waals surface area contributed by atoms with E-state index in [0.717, 1.165) is 30.2 Å². The molecule has 1 aliphatic rings. The molecule has 1 atom stereocenters. The summed E-state index contributed by atoms with van der Waals surface area (Å²) in [6, 6.07) is 4.65. The first-order valence-electron chi connectivity index (χ1n) is 7.01. The van der Waals surface area contributed by atoms with Crippen LogP contribution in [0.2, 0.25) is 0 Å². The number of fused-ring (bicyclic) bond motifs is 1. The van der Waals surface area contributed by atoms with Crippen molar-refractivity contribution in [3.05, 3.63) is 22.9 Å². The molecule has 4 heteroatoms. The summed E-state index contributed by atoms with van der Waals surface area (Å²) in [6.45, 7) is 4.31. The lowest BCUT2D eigenvalue weighted by Crippen LogP contribution is -2.21. The van der Waals surface area contributed by atoms with E-state index < -0.39 is 0 Å². The number of nitrogens with one attached hydrogen (secondary N) is 1. The van der Waals surface area contributed by atoms with Crippen LogP contribution in [-0.4, -0.2) is 22.5 Å². The summed E-state index contributed by atoms with van der Waals surface area (Å²) in [6.07, 6.45) is 4.55. The van der Waals surface area contributed by atoms with E-state index in [-0.39, 0.29) is 0 Å². The first-order valence-corrected chi connectivity index (χ1v) is 8.17. The maximum Gasteiger partial charge on any atom is 0.144 e. The second kappa shape index (κ2) is 6.81. The number of hydrogen-bond donors (Lipinski definition) is 1. The van der Waals surface area contributed by atoms with Gasteiger partial charge in [0.05, 0.1) is 5.56 Å². The number of thioether (sulfide) groups is 1. The van der Waals surface area contributed by atoms with E-state index in [1.165, 1.54) is 24.1 Å². The van der Waals surface area contributed by atoms with Gasteiger partial charge in [-0.1, -0.05) is 6.92 Å². The predicted octanol–water partition coefficient (Wildman–Crippen LogP) is 3.39. The van der Waals surface area contributed by atoms with Crippen LogP contribution in [0.3, 0.4) is 0 Å². The summed E-state index contributed by atoms with van der Waals surface area (Å²) in [7, 11) is 0. The van der Waals surface area contributed by atoms with Crippen LogP contribution < -0.4 is 5.32 Å². The van der Waals surface area contributed by atoms with Crippen molar-refractivity contribution in [3.8, 4) is 6.07 Å². The van der Waals surface area contributed by atoms with Gasteiger partial charge in [0.25, 0.3) is 0 Å². The Bertz CT molecular complexity index is 479. The monoisotopic (exact) mass is 275 g/mol. The molecule has 0 bridgehead atoms. The maximum absolute atomic E-state index is 9.27. The van der Waals surface area contributed by atoms with Crippen LogP contribution in [0.15, 0.2) is 6.07 Å². The van der Waals surface area contributed by atoms with Gasteiger partial charge < -0.3 is 5.32 Å². The molecule has 1 aliphatic carbocycles. The molecule has 0 saturated carbocycles. The van der Waals surface area contributed by atoms with Crippen LogP contribution in [0.1, 0.15) is 43.5 Å².